The summed E-state index contributed by atoms with van der Waals surface area (Å²) in [6.07, 6.45) is 6.31. The second-order valence-electron chi connectivity index (χ2n) is 5.49. The lowest BCUT2D eigenvalue weighted by Crippen LogP contribution is -2.43. The maximum atomic E-state index is 10.2. The maximum absolute atomic E-state index is 10.2. The fourth-order valence-corrected chi connectivity index (χ4v) is 3.04. The van der Waals surface area contributed by atoms with Crippen molar-refractivity contribution in [2.24, 2.45) is 0 Å². The summed E-state index contributed by atoms with van der Waals surface area (Å²) in [5.41, 5.74) is 3.85. The first-order valence-corrected chi connectivity index (χ1v) is 7.00. The molecule has 0 saturated carbocycles. The van der Waals surface area contributed by atoms with Crippen LogP contribution in [0.25, 0.3) is 11.0 Å². The largest absolute Gasteiger partial charge is 0.392 e. The van der Waals surface area contributed by atoms with Gasteiger partial charge in [-0.15, -0.1) is 6.42 Å². The van der Waals surface area contributed by atoms with Crippen LogP contribution in [0.2, 0.25) is 5.28 Å². The first-order valence-electron chi connectivity index (χ1n) is 6.62. The van der Waals surface area contributed by atoms with Crippen molar-refractivity contribution < 1.29 is 14.9 Å². The summed E-state index contributed by atoms with van der Waals surface area (Å²) in [4.78, 5) is 8.07. The minimum Gasteiger partial charge on any atom is -0.392 e. The van der Waals surface area contributed by atoms with Gasteiger partial charge in [-0.25, -0.2) is 4.98 Å². The van der Waals surface area contributed by atoms with Gasteiger partial charge in [0.2, 0.25) is 5.28 Å². The first-order chi connectivity index (χ1) is 10.3. The fraction of sp³-hybridized carbons (Fsp3) is 0.385. The molecule has 0 spiro atoms. The Morgan fingerprint density at radius 2 is 2.36 bits per heavy atom. The van der Waals surface area contributed by atoms with Crippen LogP contribution in [0.1, 0.15) is 6.42 Å². The lowest BCUT2D eigenvalue weighted by Gasteiger charge is -2.30. The highest BCUT2D eigenvalue weighted by Crippen LogP contribution is 2.41. The average molecular weight is 321 g/mol. The van der Waals surface area contributed by atoms with Gasteiger partial charge in [-0.3, -0.25) is 0 Å². The lowest BCUT2D eigenvalue weighted by molar-refractivity contribution is -0.108. The second kappa shape index (κ2) is 4.86. The number of aromatic nitrogens is 3. The minimum absolute atomic E-state index is 0.0115. The van der Waals surface area contributed by atoms with Crippen LogP contribution in [0.5, 0.6) is 0 Å². The molecule has 0 amide bonds. The summed E-state index contributed by atoms with van der Waals surface area (Å²) >= 11 is 5.87. The highest BCUT2D eigenvalue weighted by molar-refractivity contribution is 6.28. The third kappa shape index (κ3) is 1.98. The van der Waals surface area contributed by atoms with Crippen molar-refractivity contribution >= 4 is 36.3 Å². The van der Waals surface area contributed by atoms with Gasteiger partial charge >= 0.3 is 0 Å². The third-order valence-corrected chi connectivity index (χ3v) is 4.22. The molecule has 0 radical (unpaired) electrons. The Hall–Kier alpha value is -1.79. The quantitative estimate of drug-likeness (QED) is 0.374. The maximum Gasteiger partial charge on any atom is 0.226 e. The number of halogens is 1. The number of anilines is 1. The summed E-state index contributed by atoms with van der Waals surface area (Å²) in [7, 11) is 1.75. The molecule has 3 heterocycles. The summed E-state index contributed by atoms with van der Waals surface area (Å²) in [5, 5.41) is 20.4. The zero-order valence-corrected chi connectivity index (χ0v) is 12.6. The van der Waals surface area contributed by atoms with E-state index < -0.39 is 23.9 Å². The van der Waals surface area contributed by atoms with E-state index in [-0.39, 0.29) is 17.5 Å². The van der Waals surface area contributed by atoms with E-state index in [1.807, 2.05) is 0 Å². The number of hydrogen-bond acceptors (Lipinski definition) is 6. The fourth-order valence-electron chi connectivity index (χ4n) is 2.87. The molecule has 3 rings (SSSR count). The molecule has 4 N–H and O–H groups in total. The van der Waals surface area contributed by atoms with E-state index in [1.165, 1.54) is 0 Å². The normalized spacial score (nSPS) is 31.5. The Balaban J connectivity index is 2.14. The smallest absolute Gasteiger partial charge is 0.226 e. The van der Waals surface area contributed by atoms with Crippen LogP contribution < -0.4 is 5.73 Å². The van der Waals surface area contributed by atoms with Gasteiger partial charge < -0.3 is 25.3 Å². The molecule has 7 nitrogen and oxygen atoms in total. The van der Waals surface area contributed by atoms with Gasteiger partial charge in [0.15, 0.2) is 13.4 Å². The number of terminal acetylenes is 1. The molecule has 1 aliphatic heterocycles. The molecule has 0 unspecified atom stereocenters. The minimum atomic E-state index is -1.45. The van der Waals surface area contributed by atoms with Gasteiger partial charge in [0.05, 0.1) is 12.0 Å². The Bertz CT molecular complexity index is 791. The standard InChI is InChI=1S/C13H14BClN4O3/c1-2-12(6-20)8(21)5-13(14,22-12)19-4-3-7-9(16)17-11(15)18-10(7)19/h1,3-4,8,20-21H,5-6,14H2,(H2,16,17,18)/t8-,12+,13-/m0/s1. The van der Waals surface area contributed by atoms with Crippen molar-refractivity contribution in [1.29, 1.82) is 0 Å². The average Bonchev–Trinajstić information content (AvgIpc) is 2.99. The van der Waals surface area contributed by atoms with Gasteiger partial charge in [0.1, 0.15) is 23.2 Å². The summed E-state index contributed by atoms with van der Waals surface area (Å²) in [6.45, 7) is -0.489. The van der Waals surface area contributed by atoms with E-state index >= 15 is 0 Å². The highest BCUT2D eigenvalue weighted by Gasteiger charge is 2.53. The topological polar surface area (TPSA) is 106 Å². The molecule has 0 aliphatic carbocycles. The molecule has 9 heteroatoms. The molecule has 22 heavy (non-hydrogen) atoms. The predicted octanol–water partition coefficient (Wildman–Crippen LogP) is -0.944. The van der Waals surface area contributed by atoms with E-state index in [9.17, 15) is 10.2 Å². The SMILES string of the molecule is B[C@]1(n2ccc3c(N)nc(Cl)nc32)C[C@H](O)[C@@](C#C)(CO)O1. The van der Waals surface area contributed by atoms with Gasteiger partial charge in [0.25, 0.3) is 0 Å². The molecule has 114 valence electrons. The van der Waals surface area contributed by atoms with Crippen LogP contribution >= 0.6 is 11.6 Å². The van der Waals surface area contributed by atoms with Crippen molar-refractivity contribution in [3.05, 3.63) is 17.5 Å². The van der Waals surface area contributed by atoms with Gasteiger partial charge in [-0.2, -0.15) is 4.98 Å². The number of rotatable bonds is 2. The molecule has 2 aromatic rings. The zero-order valence-electron chi connectivity index (χ0n) is 11.8. The second-order valence-corrected chi connectivity index (χ2v) is 5.83. The monoisotopic (exact) mass is 320 g/mol. The third-order valence-electron chi connectivity index (χ3n) is 4.05. The van der Waals surface area contributed by atoms with Crippen molar-refractivity contribution in [1.82, 2.24) is 14.5 Å². The van der Waals surface area contributed by atoms with Crippen LogP contribution in [-0.2, 0) is 10.4 Å². The lowest BCUT2D eigenvalue weighted by atomic mass is 9.85. The molecular weight excluding hydrogens is 306 g/mol. The molecule has 3 atom stereocenters. The van der Waals surface area contributed by atoms with Gasteiger partial charge in [0, 0.05) is 12.6 Å². The van der Waals surface area contributed by atoms with Crippen molar-refractivity contribution in [2.45, 2.75) is 23.8 Å². The van der Waals surface area contributed by atoms with Crippen molar-refractivity contribution in [3.63, 3.8) is 0 Å². The Kier molecular flexibility index (Phi) is 3.34. The molecule has 1 aliphatic rings. The molecular formula is C13H14BClN4O3. The van der Waals surface area contributed by atoms with E-state index in [2.05, 4.69) is 15.9 Å². The number of nitrogens with two attached hydrogens (primary N) is 1. The number of nitrogen functional groups attached to an aromatic ring is 1. The Morgan fingerprint density at radius 1 is 1.64 bits per heavy atom. The van der Waals surface area contributed by atoms with Crippen LogP contribution in [0, 0.1) is 12.3 Å². The number of hydrogen-bond donors (Lipinski definition) is 3. The summed E-state index contributed by atoms with van der Waals surface area (Å²) < 4.78 is 7.55. The first kappa shape index (κ1) is 15.1. The van der Waals surface area contributed by atoms with E-state index in [0.717, 1.165) is 0 Å². The van der Waals surface area contributed by atoms with Crippen LogP contribution in [0.4, 0.5) is 5.82 Å². The highest BCUT2D eigenvalue weighted by atomic mass is 35.5. The van der Waals surface area contributed by atoms with E-state index in [1.54, 1.807) is 24.7 Å². The van der Waals surface area contributed by atoms with Gasteiger partial charge in [-0.05, 0) is 17.7 Å². The summed E-state index contributed by atoms with van der Waals surface area (Å²) in [5.74, 6) is 2.60. The van der Waals surface area contributed by atoms with Crippen LogP contribution in [0.15, 0.2) is 12.3 Å². The zero-order chi connectivity index (χ0) is 16.1. The molecule has 2 aromatic heterocycles. The summed E-state index contributed by atoms with van der Waals surface area (Å²) in [6, 6.07) is 1.73. The number of ether oxygens (including phenoxy) is 1. The van der Waals surface area contributed by atoms with Gasteiger partial charge in [-0.1, -0.05) is 5.92 Å². The Morgan fingerprint density at radius 3 is 2.95 bits per heavy atom. The molecule has 1 saturated heterocycles. The van der Waals surface area contributed by atoms with Crippen LogP contribution in [-0.4, -0.2) is 50.9 Å². The molecule has 1 fully saturated rings. The number of aliphatic hydroxyl groups excluding tert-OH is 2. The van der Waals surface area contributed by atoms with E-state index in [0.29, 0.717) is 11.0 Å². The molecule has 0 aromatic carbocycles. The number of aliphatic hydroxyl groups is 2. The van der Waals surface area contributed by atoms with Crippen LogP contribution in [0.3, 0.4) is 0 Å². The van der Waals surface area contributed by atoms with Crippen molar-refractivity contribution in [3.8, 4) is 12.3 Å². The number of nitrogens with zero attached hydrogens (tertiary/aromatic N) is 3. The van der Waals surface area contributed by atoms with Crippen molar-refractivity contribution in [2.75, 3.05) is 12.3 Å². The van der Waals surface area contributed by atoms with E-state index in [4.69, 9.17) is 28.5 Å². The number of fused-ring (bicyclic) bond motifs is 1. The predicted molar refractivity (Wildman–Crippen MR) is 83.8 cm³/mol. The molecule has 0 bridgehead atoms. The Labute approximate surface area is 132 Å².